The summed E-state index contributed by atoms with van der Waals surface area (Å²) in [5, 5.41) is 26.3. The third-order valence-corrected chi connectivity index (χ3v) is 4.28. The molecule has 7 nitrogen and oxygen atoms in total. The maximum absolute atomic E-state index is 10.0. The van der Waals surface area contributed by atoms with Crippen LogP contribution in [0.5, 0.6) is 11.5 Å². The number of halogens is 1. The number of thiocarbonyl (C=S) groups is 1. The van der Waals surface area contributed by atoms with Gasteiger partial charge in [0.1, 0.15) is 11.5 Å². The van der Waals surface area contributed by atoms with Gasteiger partial charge in [0.2, 0.25) is 0 Å². The van der Waals surface area contributed by atoms with Gasteiger partial charge >= 0.3 is 0 Å². The molecule has 0 fully saturated rings. The number of nitrogens with one attached hydrogen (secondary N) is 2. The molecular weight excluding hydrogens is 422 g/mol. The van der Waals surface area contributed by atoms with Gasteiger partial charge in [-0.25, -0.2) is 0 Å². The summed E-state index contributed by atoms with van der Waals surface area (Å²) in [6, 6.07) is 19.1. The minimum absolute atomic E-state index is 0.0560. The van der Waals surface area contributed by atoms with Crippen LogP contribution >= 0.6 is 23.8 Å². The molecule has 0 unspecified atom stereocenters. The highest BCUT2D eigenvalue weighted by Crippen LogP contribution is 2.25. The fourth-order valence-electron chi connectivity index (χ4n) is 2.32. The van der Waals surface area contributed by atoms with Gasteiger partial charge in [0.25, 0.3) is 0 Å². The second-order valence-electron chi connectivity index (χ2n) is 5.97. The molecule has 3 aromatic rings. The molecule has 0 atom stereocenters. The second-order valence-corrected chi connectivity index (χ2v) is 6.82. The number of anilines is 1. The largest absolute Gasteiger partial charge is 0.507 e. The van der Waals surface area contributed by atoms with Crippen LogP contribution in [0.2, 0.25) is 5.02 Å². The Kier molecular flexibility index (Phi) is 7.31. The Labute approximate surface area is 184 Å². The zero-order valence-electron chi connectivity index (χ0n) is 15.9. The topological polar surface area (TPSA) is 90.6 Å². The van der Waals surface area contributed by atoms with E-state index in [1.165, 1.54) is 12.3 Å². The predicted octanol–water partition coefficient (Wildman–Crippen LogP) is 5.79. The first-order valence-corrected chi connectivity index (χ1v) is 9.56. The maximum atomic E-state index is 10.0. The molecule has 0 bridgehead atoms. The Balaban J connectivity index is 1.61. The molecule has 0 aliphatic carbocycles. The molecule has 0 radical (unpaired) electrons. The number of phenols is 1. The van der Waals surface area contributed by atoms with Crippen molar-refractivity contribution in [1.82, 2.24) is 5.43 Å². The van der Waals surface area contributed by atoms with Crippen molar-refractivity contribution in [3.63, 3.8) is 0 Å². The highest BCUT2D eigenvalue weighted by molar-refractivity contribution is 7.80. The summed E-state index contributed by atoms with van der Waals surface area (Å²) >= 11 is 11.0. The molecule has 3 rings (SSSR count). The van der Waals surface area contributed by atoms with E-state index < -0.39 is 0 Å². The number of azo groups is 1. The number of hydrogen-bond acceptors (Lipinski definition) is 6. The molecule has 3 N–H and O–H groups in total. The average Bonchev–Trinajstić information content (AvgIpc) is 2.76. The number of phenolic OH excluding ortho intramolecular Hbond substituents is 1. The SMILES string of the molecule is COc1ccc(N=Nc2ccc(O)c(/C=N\NC(=S)Nc3ccc(Cl)cc3)c2)cc1. The van der Waals surface area contributed by atoms with Crippen LogP contribution in [0, 0.1) is 0 Å². The van der Waals surface area contributed by atoms with Gasteiger partial charge in [0.05, 0.1) is 24.7 Å². The highest BCUT2D eigenvalue weighted by Gasteiger charge is 2.01. The molecule has 0 amide bonds. The summed E-state index contributed by atoms with van der Waals surface area (Å²) in [6.45, 7) is 0. The van der Waals surface area contributed by atoms with Crippen molar-refractivity contribution >= 4 is 52.2 Å². The molecule has 0 aliphatic rings. The van der Waals surface area contributed by atoms with Crippen molar-refractivity contribution < 1.29 is 9.84 Å². The average molecular weight is 440 g/mol. The van der Waals surface area contributed by atoms with Crippen molar-refractivity contribution in [2.24, 2.45) is 15.3 Å². The van der Waals surface area contributed by atoms with Gasteiger partial charge in [-0.05, 0) is 78.9 Å². The van der Waals surface area contributed by atoms with Crippen LogP contribution < -0.4 is 15.5 Å². The summed E-state index contributed by atoms with van der Waals surface area (Å²) in [5.41, 5.74) is 5.17. The normalized spacial score (nSPS) is 11.0. The maximum Gasteiger partial charge on any atom is 0.191 e. The Morgan fingerprint density at radius 1 is 1.00 bits per heavy atom. The van der Waals surface area contributed by atoms with E-state index >= 15 is 0 Å². The fourth-order valence-corrected chi connectivity index (χ4v) is 2.62. The van der Waals surface area contributed by atoms with E-state index in [9.17, 15) is 5.11 Å². The van der Waals surface area contributed by atoms with Crippen molar-refractivity contribution in [2.45, 2.75) is 0 Å². The number of ether oxygens (including phenoxy) is 1. The number of methoxy groups -OCH3 is 1. The predicted molar refractivity (Wildman–Crippen MR) is 124 cm³/mol. The van der Waals surface area contributed by atoms with E-state index in [0.717, 1.165) is 11.4 Å². The summed E-state index contributed by atoms with van der Waals surface area (Å²) in [7, 11) is 1.60. The summed E-state index contributed by atoms with van der Waals surface area (Å²) in [6.07, 6.45) is 1.44. The molecule has 0 aromatic heterocycles. The van der Waals surface area contributed by atoms with Gasteiger partial charge in [-0.3, -0.25) is 5.43 Å². The fraction of sp³-hybridized carbons (Fsp3) is 0.0476. The first-order valence-electron chi connectivity index (χ1n) is 8.78. The Morgan fingerprint density at radius 2 is 1.67 bits per heavy atom. The van der Waals surface area contributed by atoms with E-state index in [0.29, 0.717) is 27.1 Å². The highest BCUT2D eigenvalue weighted by atomic mass is 35.5. The van der Waals surface area contributed by atoms with Crippen molar-refractivity contribution in [1.29, 1.82) is 0 Å². The molecule has 0 saturated carbocycles. The van der Waals surface area contributed by atoms with Gasteiger partial charge in [0, 0.05) is 16.3 Å². The molecule has 152 valence electrons. The van der Waals surface area contributed by atoms with Crippen LogP contribution in [0.4, 0.5) is 17.1 Å². The smallest absolute Gasteiger partial charge is 0.191 e. The van der Waals surface area contributed by atoms with Gasteiger partial charge in [-0.15, -0.1) is 0 Å². The van der Waals surface area contributed by atoms with Gasteiger partial charge in [0.15, 0.2) is 5.11 Å². The minimum atomic E-state index is 0.0560. The summed E-state index contributed by atoms with van der Waals surface area (Å²) in [4.78, 5) is 0. The summed E-state index contributed by atoms with van der Waals surface area (Å²) in [5.74, 6) is 0.800. The number of hydrazone groups is 1. The third-order valence-electron chi connectivity index (χ3n) is 3.84. The van der Waals surface area contributed by atoms with Gasteiger partial charge in [-0.1, -0.05) is 11.6 Å². The Hall–Kier alpha value is -3.49. The third kappa shape index (κ3) is 6.26. The number of nitrogens with zero attached hydrogens (tertiary/aromatic N) is 3. The molecule has 9 heteroatoms. The van der Waals surface area contributed by atoms with E-state index in [1.54, 1.807) is 67.8 Å². The van der Waals surface area contributed by atoms with Crippen LogP contribution in [-0.2, 0) is 0 Å². The van der Waals surface area contributed by atoms with Crippen molar-refractivity contribution in [3.05, 3.63) is 77.3 Å². The van der Waals surface area contributed by atoms with Gasteiger partial charge < -0.3 is 15.2 Å². The first-order chi connectivity index (χ1) is 14.5. The van der Waals surface area contributed by atoms with E-state index in [-0.39, 0.29) is 5.75 Å². The lowest BCUT2D eigenvalue weighted by atomic mass is 10.2. The zero-order chi connectivity index (χ0) is 21.3. The molecule has 0 saturated heterocycles. The van der Waals surface area contributed by atoms with Crippen LogP contribution in [0.1, 0.15) is 5.56 Å². The number of aromatic hydroxyl groups is 1. The first kappa shape index (κ1) is 21.2. The monoisotopic (exact) mass is 439 g/mol. The number of hydrogen-bond donors (Lipinski definition) is 3. The molecule has 30 heavy (non-hydrogen) atoms. The molecular formula is C21H18ClN5O2S. The zero-order valence-corrected chi connectivity index (χ0v) is 17.5. The van der Waals surface area contributed by atoms with Crippen LogP contribution in [0.25, 0.3) is 0 Å². The van der Waals surface area contributed by atoms with E-state index in [1.807, 2.05) is 0 Å². The van der Waals surface area contributed by atoms with Crippen molar-refractivity contribution in [3.8, 4) is 11.5 Å². The van der Waals surface area contributed by atoms with E-state index in [4.69, 9.17) is 28.6 Å². The Bertz CT molecular complexity index is 1070. The molecule has 0 heterocycles. The standard InChI is InChI=1S/C21H18ClN5O2S/c1-29-19-9-6-17(7-10-19)25-26-18-8-11-20(28)14(12-18)13-23-27-21(30)24-16-4-2-15(22)3-5-16/h2-13,28H,1H3,(H2,24,27,30)/b23-13-,26-25?. The van der Waals surface area contributed by atoms with Gasteiger partial charge in [-0.2, -0.15) is 15.3 Å². The lowest BCUT2D eigenvalue weighted by molar-refractivity contribution is 0.415. The summed E-state index contributed by atoms with van der Waals surface area (Å²) < 4.78 is 5.11. The van der Waals surface area contributed by atoms with Crippen LogP contribution in [0.15, 0.2) is 82.1 Å². The Morgan fingerprint density at radius 3 is 2.37 bits per heavy atom. The van der Waals surface area contributed by atoms with E-state index in [2.05, 4.69) is 26.1 Å². The minimum Gasteiger partial charge on any atom is -0.507 e. The van der Waals surface area contributed by atoms with Crippen LogP contribution in [-0.4, -0.2) is 23.5 Å². The quantitative estimate of drug-likeness (QED) is 0.196. The lowest BCUT2D eigenvalue weighted by Gasteiger charge is -2.07. The number of benzene rings is 3. The lowest BCUT2D eigenvalue weighted by Crippen LogP contribution is -2.23. The van der Waals surface area contributed by atoms with Crippen LogP contribution in [0.3, 0.4) is 0 Å². The molecule has 3 aromatic carbocycles. The molecule has 0 spiro atoms. The second kappa shape index (κ2) is 10.3. The molecule has 0 aliphatic heterocycles. The number of rotatable bonds is 6. The van der Waals surface area contributed by atoms with Crippen molar-refractivity contribution in [2.75, 3.05) is 12.4 Å².